The second-order valence-corrected chi connectivity index (χ2v) is 2.07. The summed E-state index contributed by atoms with van der Waals surface area (Å²) in [5.41, 5.74) is 7.49. The number of primary amides is 1. The van der Waals surface area contributed by atoms with Gasteiger partial charge in [-0.25, -0.2) is 0 Å². The van der Waals surface area contributed by atoms with Crippen molar-refractivity contribution in [1.82, 2.24) is 10.3 Å². The third kappa shape index (κ3) is 0.932. The molecule has 0 radical (unpaired) electrons. The van der Waals surface area contributed by atoms with Gasteiger partial charge in [0.05, 0.1) is 0 Å². The van der Waals surface area contributed by atoms with Gasteiger partial charge < -0.3 is 11.2 Å². The van der Waals surface area contributed by atoms with E-state index >= 15 is 0 Å². The average Bonchev–Trinajstić information content (AvgIpc) is 2.12. The van der Waals surface area contributed by atoms with Crippen LogP contribution in [0.3, 0.4) is 0 Å². The number of hydrogen-bond donors (Lipinski definition) is 3. The molecular formula is C3H5N3OS. The van der Waals surface area contributed by atoms with Gasteiger partial charge in [0.15, 0.2) is 0 Å². The van der Waals surface area contributed by atoms with Gasteiger partial charge in [-0.2, -0.15) is 4.83 Å². The van der Waals surface area contributed by atoms with Crippen molar-refractivity contribution in [1.29, 1.82) is 0 Å². The minimum atomic E-state index is -0.410. The van der Waals surface area contributed by atoms with E-state index in [1.54, 1.807) is 0 Å². The maximum absolute atomic E-state index is 10.3. The highest BCUT2D eigenvalue weighted by Gasteiger charge is 2.08. The number of carbonyl (C=O) groups is 1. The number of carbonyl (C=O) groups excluding carboxylic acids is 1. The molecule has 1 amide bonds. The molecule has 44 valence electrons. The fourth-order valence-corrected chi connectivity index (χ4v) is 0.777. The van der Waals surface area contributed by atoms with E-state index in [4.69, 9.17) is 5.73 Å². The number of nitrogens with one attached hydrogen (secondary N) is 2. The van der Waals surface area contributed by atoms with Crippen LogP contribution in [0.4, 0.5) is 0 Å². The molecule has 0 saturated carbocycles. The van der Waals surface area contributed by atoms with Crippen LogP contribution in [0.2, 0.25) is 0 Å². The highest BCUT2D eigenvalue weighted by molar-refractivity contribution is 8.02. The Bertz CT molecular complexity index is 143. The number of amides is 1. The minimum Gasteiger partial charge on any atom is -0.365 e. The summed E-state index contributed by atoms with van der Waals surface area (Å²) in [5.74, 6) is -0.410. The van der Waals surface area contributed by atoms with Crippen LogP contribution >= 0.6 is 11.9 Å². The van der Waals surface area contributed by atoms with Crippen LogP contribution in [-0.4, -0.2) is 5.91 Å². The smallest absolute Gasteiger partial charge is 0.258 e. The molecule has 1 rings (SSSR count). The fraction of sp³-hybridized carbons (Fsp3) is 0. The van der Waals surface area contributed by atoms with Crippen molar-refractivity contribution in [2.24, 2.45) is 5.73 Å². The van der Waals surface area contributed by atoms with Crippen molar-refractivity contribution in [3.05, 3.63) is 11.1 Å². The number of rotatable bonds is 1. The van der Waals surface area contributed by atoms with Gasteiger partial charge in [0.25, 0.3) is 5.91 Å². The molecule has 0 aromatic heterocycles. The summed E-state index contributed by atoms with van der Waals surface area (Å²) in [6, 6.07) is 0. The Morgan fingerprint density at radius 2 is 2.62 bits per heavy atom. The van der Waals surface area contributed by atoms with Crippen LogP contribution in [0.1, 0.15) is 0 Å². The first-order chi connectivity index (χ1) is 3.80. The van der Waals surface area contributed by atoms with Gasteiger partial charge in [0.1, 0.15) is 4.91 Å². The molecule has 1 aliphatic rings. The lowest BCUT2D eigenvalue weighted by molar-refractivity contribution is -0.113. The Hall–Kier alpha value is -0.680. The van der Waals surface area contributed by atoms with Crippen molar-refractivity contribution in [3.63, 3.8) is 0 Å². The Morgan fingerprint density at radius 3 is 2.88 bits per heavy atom. The summed E-state index contributed by atoms with van der Waals surface area (Å²) < 4.78 is 0. The van der Waals surface area contributed by atoms with E-state index in [1.807, 2.05) is 0 Å². The van der Waals surface area contributed by atoms with Gasteiger partial charge in [-0.3, -0.25) is 4.79 Å². The molecule has 0 aliphatic carbocycles. The van der Waals surface area contributed by atoms with Crippen LogP contribution in [0.15, 0.2) is 11.1 Å². The van der Waals surface area contributed by atoms with E-state index in [0.29, 0.717) is 4.91 Å². The Kier molecular flexibility index (Phi) is 1.40. The van der Waals surface area contributed by atoms with Crippen molar-refractivity contribution in [2.75, 3.05) is 0 Å². The summed E-state index contributed by atoms with van der Waals surface area (Å²) in [7, 11) is 0. The SMILES string of the molecule is NC(=O)C1=CNNS1. The molecule has 1 heterocycles. The van der Waals surface area contributed by atoms with Gasteiger partial charge in [-0.15, -0.1) is 0 Å². The van der Waals surface area contributed by atoms with Crippen LogP contribution in [0, 0.1) is 0 Å². The Balaban J connectivity index is 2.57. The Morgan fingerprint density at radius 1 is 1.88 bits per heavy atom. The molecule has 0 aromatic carbocycles. The van der Waals surface area contributed by atoms with Crippen LogP contribution in [0.5, 0.6) is 0 Å². The molecule has 0 bridgehead atoms. The summed E-state index contributed by atoms with van der Waals surface area (Å²) in [4.78, 5) is 13.4. The maximum atomic E-state index is 10.3. The van der Waals surface area contributed by atoms with Crippen molar-refractivity contribution in [3.8, 4) is 0 Å². The molecule has 0 spiro atoms. The van der Waals surface area contributed by atoms with E-state index in [9.17, 15) is 4.79 Å². The third-order valence-electron chi connectivity index (χ3n) is 0.666. The molecule has 1 aliphatic heterocycles. The van der Waals surface area contributed by atoms with Gasteiger partial charge in [-0.1, -0.05) is 0 Å². The van der Waals surface area contributed by atoms with Gasteiger partial charge in [-0.05, 0) is 11.9 Å². The molecule has 0 fully saturated rings. The lowest BCUT2D eigenvalue weighted by atomic mass is 10.6. The largest absolute Gasteiger partial charge is 0.365 e. The van der Waals surface area contributed by atoms with Crippen molar-refractivity contribution >= 4 is 17.9 Å². The first-order valence-electron chi connectivity index (χ1n) is 1.98. The normalized spacial score (nSPS) is 17.2. The average molecular weight is 131 g/mol. The zero-order chi connectivity index (χ0) is 5.98. The molecule has 0 saturated heterocycles. The summed E-state index contributed by atoms with van der Waals surface area (Å²) in [5, 5.41) is 0. The first-order valence-corrected chi connectivity index (χ1v) is 2.79. The summed E-state index contributed by atoms with van der Waals surface area (Å²) >= 11 is 1.18. The fourth-order valence-electron chi connectivity index (χ4n) is 0.330. The Labute approximate surface area is 50.6 Å². The zero-order valence-corrected chi connectivity index (χ0v) is 4.79. The molecule has 0 aromatic rings. The zero-order valence-electron chi connectivity index (χ0n) is 3.97. The molecule has 4 N–H and O–H groups in total. The summed E-state index contributed by atoms with van der Waals surface area (Å²) in [6.07, 6.45) is 1.52. The van der Waals surface area contributed by atoms with Gasteiger partial charge in [0.2, 0.25) is 0 Å². The maximum Gasteiger partial charge on any atom is 0.258 e. The van der Waals surface area contributed by atoms with Gasteiger partial charge in [0, 0.05) is 6.20 Å². The van der Waals surface area contributed by atoms with E-state index < -0.39 is 5.91 Å². The molecule has 0 unspecified atom stereocenters. The molecule has 0 atom stereocenters. The second kappa shape index (κ2) is 2.06. The van der Waals surface area contributed by atoms with E-state index in [0.717, 1.165) is 0 Å². The summed E-state index contributed by atoms with van der Waals surface area (Å²) in [6.45, 7) is 0. The highest BCUT2D eigenvalue weighted by atomic mass is 32.2. The van der Waals surface area contributed by atoms with E-state index in [1.165, 1.54) is 18.1 Å². The van der Waals surface area contributed by atoms with E-state index in [-0.39, 0.29) is 0 Å². The molecule has 5 heteroatoms. The topological polar surface area (TPSA) is 67.2 Å². The monoisotopic (exact) mass is 131 g/mol. The lowest BCUT2D eigenvalue weighted by Gasteiger charge is -1.87. The minimum absolute atomic E-state index is 0.410. The second-order valence-electron chi connectivity index (χ2n) is 1.22. The standard InChI is InChI=1S/C3H5N3OS/c4-3(7)2-1-5-6-8-2/h1,5-6H,(H2,4,7). The number of hydrogen-bond acceptors (Lipinski definition) is 4. The lowest BCUT2D eigenvalue weighted by Crippen LogP contribution is -2.12. The predicted molar refractivity (Wildman–Crippen MR) is 31.1 cm³/mol. The van der Waals surface area contributed by atoms with Crippen molar-refractivity contribution < 1.29 is 4.79 Å². The number of hydrazine groups is 1. The molecule has 8 heavy (non-hydrogen) atoms. The third-order valence-corrected chi connectivity index (χ3v) is 1.42. The van der Waals surface area contributed by atoms with E-state index in [2.05, 4.69) is 10.3 Å². The first kappa shape index (κ1) is 5.46. The quantitative estimate of drug-likeness (QED) is 0.402. The number of nitrogens with two attached hydrogens (primary N) is 1. The van der Waals surface area contributed by atoms with Gasteiger partial charge >= 0.3 is 0 Å². The van der Waals surface area contributed by atoms with Crippen LogP contribution in [-0.2, 0) is 4.79 Å². The van der Waals surface area contributed by atoms with Crippen molar-refractivity contribution in [2.45, 2.75) is 0 Å². The highest BCUT2D eigenvalue weighted by Crippen LogP contribution is 2.11. The predicted octanol–water partition coefficient (Wildman–Crippen LogP) is -0.931. The molecular weight excluding hydrogens is 126 g/mol. The van der Waals surface area contributed by atoms with Crippen LogP contribution in [0.25, 0.3) is 0 Å². The van der Waals surface area contributed by atoms with Crippen LogP contribution < -0.4 is 16.0 Å². The molecule has 4 nitrogen and oxygen atoms in total.